The molecule has 0 unspecified atom stereocenters. The zero-order chi connectivity index (χ0) is 23.5. The third-order valence-electron chi connectivity index (χ3n) is 7.98. The molecule has 3 saturated carbocycles. The second-order valence-electron chi connectivity index (χ2n) is 10.7. The predicted molar refractivity (Wildman–Crippen MR) is 148 cm³/mol. The number of unbranched alkanes of at least 4 members (excludes halogenated alkanes) is 3. The van der Waals surface area contributed by atoms with E-state index in [0.717, 1.165) is 11.8 Å². The van der Waals surface area contributed by atoms with Crippen LogP contribution >= 0.6 is 0 Å². The lowest BCUT2D eigenvalue weighted by Gasteiger charge is -2.25. The molecule has 0 heterocycles. The van der Waals surface area contributed by atoms with Crippen LogP contribution in [0.5, 0.6) is 0 Å². The minimum atomic E-state index is 0.827. The molecule has 0 spiro atoms. The first-order valence-corrected chi connectivity index (χ1v) is 14.0. The fourth-order valence-corrected chi connectivity index (χ4v) is 4.65. The standard InChI is InChI=1S/C22H24.C6H14.C5H10/c1-16(17-4-2-5-17)18-8-10-21(11-9-18)22-14-12-20(13-15-22)19-6-3-7-19;1-3-5-6-4-2;1-5-3-2-4-5/h8-15,19H,2-7H2,1H3;3-6H2,1-2H3;5H,2-4H2,1H3. The van der Waals surface area contributed by atoms with Crippen molar-refractivity contribution in [2.24, 2.45) is 5.92 Å². The van der Waals surface area contributed by atoms with Crippen molar-refractivity contribution in [3.8, 4) is 11.1 Å². The Morgan fingerprint density at radius 3 is 1.52 bits per heavy atom. The molecule has 2 aromatic rings. The highest BCUT2D eigenvalue weighted by molar-refractivity contribution is 5.72. The van der Waals surface area contributed by atoms with Crippen LogP contribution in [0.15, 0.2) is 54.1 Å². The van der Waals surface area contributed by atoms with Gasteiger partial charge in [-0.25, -0.2) is 0 Å². The fourth-order valence-electron chi connectivity index (χ4n) is 4.65. The highest BCUT2D eigenvalue weighted by Crippen LogP contribution is 2.37. The van der Waals surface area contributed by atoms with Crippen LogP contribution in [0.1, 0.15) is 128 Å². The van der Waals surface area contributed by atoms with Crippen LogP contribution in [0.2, 0.25) is 0 Å². The summed E-state index contributed by atoms with van der Waals surface area (Å²) >= 11 is 0. The molecule has 3 aliphatic rings. The quantitative estimate of drug-likeness (QED) is 0.388. The van der Waals surface area contributed by atoms with E-state index in [4.69, 9.17) is 0 Å². The lowest BCUT2D eigenvalue weighted by Crippen LogP contribution is -2.08. The molecule has 0 atom stereocenters. The summed E-state index contributed by atoms with van der Waals surface area (Å²) in [6.45, 7) is 9.05. The first kappa shape index (κ1) is 25.8. The summed E-state index contributed by atoms with van der Waals surface area (Å²) in [5, 5.41) is 0. The van der Waals surface area contributed by atoms with E-state index >= 15 is 0 Å². The summed E-state index contributed by atoms with van der Waals surface area (Å²) < 4.78 is 0. The van der Waals surface area contributed by atoms with Crippen LogP contribution < -0.4 is 0 Å². The van der Waals surface area contributed by atoms with Crippen molar-refractivity contribution in [3.63, 3.8) is 0 Å². The average Bonchev–Trinajstić information content (AvgIpc) is 2.75. The van der Waals surface area contributed by atoms with Gasteiger partial charge in [0.05, 0.1) is 0 Å². The molecule has 2 aromatic carbocycles. The van der Waals surface area contributed by atoms with E-state index in [0.29, 0.717) is 0 Å². The van der Waals surface area contributed by atoms with Crippen LogP contribution in [0, 0.1) is 5.92 Å². The molecule has 5 rings (SSSR count). The lowest BCUT2D eigenvalue weighted by molar-refractivity contribution is 0.346. The van der Waals surface area contributed by atoms with Crippen molar-refractivity contribution in [3.05, 3.63) is 65.2 Å². The molecule has 180 valence electrons. The Morgan fingerprint density at radius 2 is 1.18 bits per heavy atom. The van der Waals surface area contributed by atoms with Gasteiger partial charge in [-0.15, -0.1) is 0 Å². The van der Waals surface area contributed by atoms with E-state index in [1.54, 1.807) is 5.57 Å². The molecule has 33 heavy (non-hydrogen) atoms. The van der Waals surface area contributed by atoms with E-state index in [1.165, 1.54) is 111 Å². The maximum absolute atomic E-state index is 2.33. The summed E-state index contributed by atoms with van der Waals surface area (Å²) in [6.07, 6.45) is 18.1. The number of rotatable bonds is 6. The van der Waals surface area contributed by atoms with Crippen LogP contribution in [-0.2, 0) is 0 Å². The SMILES string of the molecule is CC(=C1CCC1)c1ccc(-c2ccc(C3CCC3)cc2)cc1.CC1CCC1.CCCCCC. The zero-order valence-electron chi connectivity index (χ0n) is 22.0. The van der Waals surface area contributed by atoms with E-state index in [1.807, 2.05) is 0 Å². The van der Waals surface area contributed by atoms with Gasteiger partial charge in [-0.1, -0.05) is 126 Å². The maximum atomic E-state index is 2.33. The van der Waals surface area contributed by atoms with Gasteiger partial charge in [0.15, 0.2) is 0 Å². The van der Waals surface area contributed by atoms with Gasteiger partial charge in [0.2, 0.25) is 0 Å². The Labute approximate surface area is 204 Å². The number of benzene rings is 2. The van der Waals surface area contributed by atoms with Crippen LogP contribution in [-0.4, -0.2) is 0 Å². The van der Waals surface area contributed by atoms with Crippen LogP contribution in [0.3, 0.4) is 0 Å². The molecule has 3 aliphatic carbocycles. The number of hydrogen-bond acceptors (Lipinski definition) is 0. The second-order valence-corrected chi connectivity index (χ2v) is 10.7. The summed E-state index contributed by atoms with van der Waals surface area (Å²) in [7, 11) is 0. The average molecular weight is 445 g/mol. The van der Waals surface area contributed by atoms with Crippen molar-refractivity contribution in [2.75, 3.05) is 0 Å². The summed E-state index contributed by atoms with van der Waals surface area (Å²) in [6, 6.07) is 18.4. The van der Waals surface area contributed by atoms with Gasteiger partial charge in [-0.2, -0.15) is 0 Å². The molecule has 0 N–H and O–H groups in total. The van der Waals surface area contributed by atoms with E-state index < -0.39 is 0 Å². The summed E-state index contributed by atoms with van der Waals surface area (Å²) in [5.74, 6) is 1.89. The van der Waals surface area contributed by atoms with Gasteiger partial charge in [0.1, 0.15) is 0 Å². The third-order valence-corrected chi connectivity index (χ3v) is 7.98. The minimum absolute atomic E-state index is 0.827. The van der Waals surface area contributed by atoms with Gasteiger partial charge in [0, 0.05) is 0 Å². The summed E-state index contributed by atoms with van der Waals surface area (Å²) in [4.78, 5) is 0. The predicted octanol–water partition coefficient (Wildman–Crippen LogP) is 11.0. The third kappa shape index (κ3) is 7.87. The van der Waals surface area contributed by atoms with Crippen molar-refractivity contribution in [2.45, 2.75) is 117 Å². The van der Waals surface area contributed by atoms with Crippen LogP contribution in [0.25, 0.3) is 16.7 Å². The normalized spacial score (nSPS) is 17.4. The molecular formula is C33H48. The Hall–Kier alpha value is -1.82. The number of hydrogen-bond donors (Lipinski definition) is 0. The van der Waals surface area contributed by atoms with E-state index in [9.17, 15) is 0 Å². The zero-order valence-corrected chi connectivity index (χ0v) is 22.0. The fraction of sp³-hybridized carbons (Fsp3) is 0.576. The highest BCUT2D eigenvalue weighted by Gasteiger charge is 2.19. The molecule has 3 fully saturated rings. The van der Waals surface area contributed by atoms with E-state index in [2.05, 4.69) is 76.2 Å². The molecule has 0 heteroatoms. The molecule has 0 saturated heterocycles. The van der Waals surface area contributed by atoms with Gasteiger partial charge < -0.3 is 0 Å². The summed E-state index contributed by atoms with van der Waals surface area (Å²) in [5.41, 5.74) is 8.73. The van der Waals surface area contributed by atoms with Crippen molar-refractivity contribution in [1.29, 1.82) is 0 Å². The van der Waals surface area contributed by atoms with Gasteiger partial charge >= 0.3 is 0 Å². The molecule has 0 aliphatic heterocycles. The first-order valence-electron chi connectivity index (χ1n) is 14.0. The monoisotopic (exact) mass is 444 g/mol. The van der Waals surface area contributed by atoms with Crippen molar-refractivity contribution in [1.82, 2.24) is 0 Å². The Balaban J connectivity index is 0.000000231. The van der Waals surface area contributed by atoms with Crippen molar-refractivity contribution < 1.29 is 0 Å². The van der Waals surface area contributed by atoms with Crippen molar-refractivity contribution >= 4 is 5.57 Å². The molecular weight excluding hydrogens is 396 g/mol. The lowest BCUT2D eigenvalue weighted by atomic mass is 9.80. The molecule has 0 nitrogen and oxygen atoms in total. The van der Waals surface area contributed by atoms with Gasteiger partial charge in [-0.05, 0) is 78.7 Å². The molecule has 0 radical (unpaired) electrons. The van der Waals surface area contributed by atoms with Crippen LogP contribution in [0.4, 0.5) is 0 Å². The van der Waals surface area contributed by atoms with Gasteiger partial charge in [-0.3, -0.25) is 0 Å². The molecule has 0 aromatic heterocycles. The molecule has 0 amide bonds. The maximum Gasteiger partial charge on any atom is -0.0162 e. The number of allylic oxidation sites excluding steroid dienone is 2. The topological polar surface area (TPSA) is 0 Å². The minimum Gasteiger partial charge on any atom is -0.0667 e. The Bertz CT molecular complexity index is 819. The van der Waals surface area contributed by atoms with E-state index in [-0.39, 0.29) is 0 Å². The molecule has 0 bridgehead atoms. The Kier molecular flexibility index (Phi) is 10.8. The highest BCUT2D eigenvalue weighted by atomic mass is 14.2. The first-order chi connectivity index (χ1) is 16.1. The smallest absolute Gasteiger partial charge is 0.0162 e. The largest absolute Gasteiger partial charge is 0.0667 e. The van der Waals surface area contributed by atoms with Gasteiger partial charge in [0.25, 0.3) is 0 Å². The Morgan fingerprint density at radius 1 is 0.697 bits per heavy atom. The second kappa shape index (κ2) is 13.8.